The summed E-state index contributed by atoms with van der Waals surface area (Å²) in [6, 6.07) is 16.6. The fourth-order valence-electron chi connectivity index (χ4n) is 2.53. The van der Waals surface area contributed by atoms with Crippen molar-refractivity contribution < 1.29 is 25.2 Å². The van der Waals surface area contributed by atoms with Crippen LogP contribution in [0, 0.1) is 13.8 Å². The lowest BCUT2D eigenvalue weighted by atomic mass is 10.2. The lowest BCUT2D eigenvalue weighted by Gasteiger charge is -2.13. The van der Waals surface area contributed by atoms with Crippen LogP contribution in [0.3, 0.4) is 0 Å². The summed E-state index contributed by atoms with van der Waals surface area (Å²) in [6.07, 6.45) is 0. The quantitative estimate of drug-likeness (QED) is 0.337. The Morgan fingerprint density at radius 2 is 1.17 bits per heavy atom. The van der Waals surface area contributed by atoms with E-state index in [1.807, 2.05) is 13.8 Å². The summed E-state index contributed by atoms with van der Waals surface area (Å²) in [5.41, 5.74) is 2.34. The van der Waals surface area contributed by atoms with Crippen molar-refractivity contribution in [3.05, 3.63) is 83.4 Å². The van der Waals surface area contributed by atoms with Gasteiger partial charge in [-0.3, -0.25) is 0 Å². The molecule has 0 amide bonds. The minimum Gasteiger partial charge on any atom is -0.379 e. The third kappa shape index (κ3) is 5.21. The van der Waals surface area contributed by atoms with Gasteiger partial charge >= 0.3 is 20.2 Å². The van der Waals surface area contributed by atoms with E-state index in [4.69, 9.17) is 8.37 Å². The number of alkyl halides is 1. The minimum absolute atomic E-state index is 0.00702. The monoisotopic (exact) mass is 510 g/mol. The van der Waals surface area contributed by atoms with E-state index in [1.165, 1.54) is 42.5 Å². The van der Waals surface area contributed by atoms with E-state index >= 15 is 0 Å². The maximum atomic E-state index is 12.6. The van der Waals surface area contributed by atoms with Gasteiger partial charge in [0.2, 0.25) is 0 Å². The first-order valence-electron chi connectivity index (χ1n) is 8.82. The Morgan fingerprint density at radius 3 is 1.63 bits per heavy atom. The van der Waals surface area contributed by atoms with E-state index in [0.29, 0.717) is 10.9 Å². The van der Waals surface area contributed by atoms with Crippen molar-refractivity contribution in [2.75, 3.05) is 0 Å². The summed E-state index contributed by atoms with van der Waals surface area (Å²) < 4.78 is 60.8. The van der Waals surface area contributed by atoms with Gasteiger partial charge in [-0.1, -0.05) is 57.4 Å². The molecule has 0 heterocycles. The zero-order chi connectivity index (χ0) is 21.9. The normalized spacial score (nSPS) is 11.8. The van der Waals surface area contributed by atoms with Gasteiger partial charge < -0.3 is 8.37 Å². The molecule has 0 radical (unpaired) electrons. The third-order valence-electron chi connectivity index (χ3n) is 4.21. The molecule has 0 saturated heterocycles. The van der Waals surface area contributed by atoms with Gasteiger partial charge in [0, 0.05) is 17.0 Å². The van der Waals surface area contributed by atoms with Crippen LogP contribution < -0.4 is 8.37 Å². The van der Waals surface area contributed by atoms with Crippen LogP contribution in [0.5, 0.6) is 11.5 Å². The molecular weight excluding hydrogens is 492 g/mol. The molecular formula is C21H19BrO6S2. The van der Waals surface area contributed by atoms with Crippen LogP contribution in [-0.2, 0) is 25.6 Å². The highest BCUT2D eigenvalue weighted by Gasteiger charge is 2.21. The maximum absolute atomic E-state index is 12.6. The van der Waals surface area contributed by atoms with E-state index < -0.39 is 20.2 Å². The molecule has 3 rings (SSSR count). The van der Waals surface area contributed by atoms with Gasteiger partial charge in [0.1, 0.15) is 15.5 Å². The van der Waals surface area contributed by atoms with Gasteiger partial charge in [-0.2, -0.15) is 16.8 Å². The molecule has 0 saturated carbocycles. The summed E-state index contributed by atoms with van der Waals surface area (Å²) in [4.78, 5) is -0.0142. The first kappa shape index (κ1) is 22.3. The highest BCUT2D eigenvalue weighted by atomic mass is 79.9. The van der Waals surface area contributed by atoms with Gasteiger partial charge in [-0.15, -0.1) is 0 Å². The number of aryl methyl sites for hydroxylation is 2. The third-order valence-corrected chi connectivity index (χ3v) is 7.32. The Kier molecular flexibility index (Phi) is 6.54. The predicted octanol–water partition coefficient (Wildman–Crippen LogP) is 4.73. The van der Waals surface area contributed by atoms with Gasteiger partial charge in [-0.25, -0.2) is 0 Å². The lowest BCUT2D eigenvalue weighted by Crippen LogP contribution is -2.12. The SMILES string of the molecule is Cc1ccc(S(=O)(=O)Oc2ccc(CBr)c(OS(=O)(=O)c3ccc(C)cc3)c2)cc1. The van der Waals surface area contributed by atoms with Crippen LogP contribution in [-0.4, -0.2) is 16.8 Å². The predicted molar refractivity (Wildman–Crippen MR) is 117 cm³/mol. The van der Waals surface area contributed by atoms with E-state index in [0.717, 1.165) is 11.1 Å². The first-order chi connectivity index (χ1) is 14.1. The first-order valence-corrected chi connectivity index (χ1v) is 12.8. The smallest absolute Gasteiger partial charge is 0.339 e. The molecule has 0 aromatic heterocycles. The molecule has 158 valence electrons. The second-order valence-electron chi connectivity index (χ2n) is 6.60. The Hall–Kier alpha value is -2.36. The zero-order valence-electron chi connectivity index (χ0n) is 16.2. The molecule has 0 atom stereocenters. The van der Waals surface area contributed by atoms with Crippen molar-refractivity contribution in [1.29, 1.82) is 0 Å². The fraction of sp³-hybridized carbons (Fsp3) is 0.143. The molecule has 3 aromatic carbocycles. The standard InChI is InChI=1S/C21H19BrO6S2/c1-15-3-9-19(10-4-15)29(23,24)27-18-8-7-17(14-22)21(13-18)28-30(25,26)20-11-5-16(2)6-12-20/h3-13H,14H2,1-2H3. The molecule has 0 fully saturated rings. The van der Waals surface area contributed by atoms with E-state index in [9.17, 15) is 16.8 Å². The van der Waals surface area contributed by atoms with E-state index in [1.54, 1.807) is 24.3 Å². The van der Waals surface area contributed by atoms with Crippen LogP contribution in [0.15, 0.2) is 76.5 Å². The molecule has 0 spiro atoms. The van der Waals surface area contributed by atoms with Crippen molar-refractivity contribution in [1.82, 2.24) is 0 Å². The Labute approximate surface area is 184 Å². The van der Waals surface area contributed by atoms with Crippen LogP contribution >= 0.6 is 15.9 Å². The van der Waals surface area contributed by atoms with Crippen molar-refractivity contribution in [3.8, 4) is 11.5 Å². The summed E-state index contributed by atoms with van der Waals surface area (Å²) in [5, 5.41) is 0.302. The van der Waals surface area contributed by atoms with Crippen LogP contribution in [0.25, 0.3) is 0 Å². The topological polar surface area (TPSA) is 86.7 Å². The number of benzene rings is 3. The summed E-state index contributed by atoms with van der Waals surface area (Å²) in [7, 11) is -8.19. The van der Waals surface area contributed by atoms with Gasteiger partial charge in [-0.05, 0) is 44.2 Å². The number of halogens is 1. The second kappa shape index (κ2) is 8.79. The largest absolute Gasteiger partial charge is 0.379 e. The second-order valence-corrected chi connectivity index (χ2v) is 10.3. The summed E-state index contributed by atoms with van der Waals surface area (Å²) >= 11 is 3.28. The lowest BCUT2D eigenvalue weighted by molar-refractivity contribution is 0.475. The van der Waals surface area contributed by atoms with Crippen molar-refractivity contribution in [3.63, 3.8) is 0 Å². The van der Waals surface area contributed by atoms with Crippen LogP contribution in [0.1, 0.15) is 16.7 Å². The molecule has 3 aromatic rings. The molecule has 0 unspecified atom stereocenters. The van der Waals surface area contributed by atoms with Crippen molar-refractivity contribution in [2.24, 2.45) is 0 Å². The summed E-state index contributed by atoms with van der Waals surface area (Å²) in [5.74, 6) is -0.0848. The molecule has 6 nitrogen and oxygen atoms in total. The summed E-state index contributed by atoms with van der Waals surface area (Å²) in [6.45, 7) is 3.68. The molecule has 0 aliphatic rings. The number of hydrogen-bond acceptors (Lipinski definition) is 6. The Bertz CT molecular complexity index is 1250. The molecule has 0 aliphatic heterocycles. The van der Waals surface area contributed by atoms with Crippen molar-refractivity contribution in [2.45, 2.75) is 29.0 Å². The van der Waals surface area contributed by atoms with Gasteiger partial charge in [0.25, 0.3) is 0 Å². The van der Waals surface area contributed by atoms with E-state index in [-0.39, 0.29) is 21.3 Å². The molecule has 0 bridgehead atoms. The van der Waals surface area contributed by atoms with Crippen molar-refractivity contribution >= 4 is 36.2 Å². The Morgan fingerprint density at radius 1 is 0.700 bits per heavy atom. The number of rotatable bonds is 7. The molecule has 30 heavy (non-hydrogen) atoms. The highest BCUT2D eigenvalue weighted by Crippen LogP contribution is 2.31. The highest BCUT2D eigenvalue weighted by molar-refractivity contribution is 9.08. The average Bonchev–Trinajstić information content (AvgIpc) is 2.68. The maximum Gasteiger partial charge on any atom is 0.339 e. The molecule has 0 N–H and O–H groups in total. The average molecular weight is 511 g/mol. The number of hydrogen-bond donors (Lipinski definition) is 0. The van der Waals surface area contributed by atoms with Crippen LogP contribution in [0.4, 0.5) is 0 Å². The minimum atomic E-state index is -4.11. The Balaban J connectivity index is 1.92. The zero-order valence-corrected chi connectivity index (χ0v) is 19.4. The molecule has 0 aliphatic carbocycles. The molecule has 9 heteroatoms. The van der Waals surface area contributed by atoms with E-state index in [2.05, 4.69) is 15.9 Å². The van der Waals surface area contributed by atoms with Gasteiger partial charge in [0.15, 0.2) is 5.75 Å². The van der Waals surface area contributed by atoms with Crippen LogP contribution in [0.2, 0.25) is 0 Å². The van der Waals surface area contributed by atoms with Gasteiger partial charge in [0.05, 0.1) is 0 Å². The fourth-order valence-corrected chi connectivity index (χ4v) is 4.87.